The Kier molecular flexibility index (Phi) is 8.78. The first-order valence-electron chi connectivity index (χ1n) is 21.5. The van der Waals surface area contributed by atoms with E-state index in [0.717, 1.165) is 68.0 Å². The molecule has 0 fully saturated rings. The second-order valence-corrected chi connectivity index (χ2v) is 16.3. The van der Waals surface area contributed by atoms with Crippen LogP contribution >= 0.6 is 0 Å². The normalized spacial score (nSPS) is 15.1. The van der Waals surface area contributed by atoms with Crippen LogP contribution in [0.2, 0.25) is 0 Å². The van der Waals surface area contributed by atoms with E-state index in [1.807, 2.05) is 48.5 Å². The lowest BCUT2D eigenvalue weighted by Gasteiger charge is -2.40. The van der Waals surface area contributed by atoms with Gasteiger partial charge in [0.25, 0.3) is 0 Å². The van der Waals surface area contributed by atoms with Crippen molar-refractivity contribution in [3.8, 4) is 34.0 Å². The molecule has 0 bridgehead atoms. The summed E-state index contributed by atoms with van der Waals surface area (Å²) >= 11 is 0. The zero-order chi connectivity index (χ0) is 41.7. The maximum Gasteiger partial charge on any atom is 0.227 e. The molecule has 2 aromatic heterocycles. The number of hydrogen-bond donors (Lipinski definition) is 0. The van der Waals surface area contributed by atoms with Crippen LogP contribution in [-0.2, 0) is 5.41 Å². The first-order chi connectivity index (χ1) is 31.2. The van der Waals surface area contributed by atoms with Crippen LogP contribution in [0.5, 0.6) is 0 Å². The first kappa shape index (κ1) is 36.7. The van der Waals surface area contributed by atoms with Gasteiger partial charge in [0.15, 0.2) is 5.58 Å². The molecule has 0 aliphatic heterocycles. The van der Waals surface area contributed by atoms with E-state index in [-0.39, 0.29) is 6.04 Å². The van der Waals surface area contributed by atoms with Crippen molar-refractivity contribution in [2.75, 3.05) is 4.90 Å². The fourth-order valence-electron chi connectivity index (χ4n) is 9.96. The van der Waals surface area contributed by atoms with Gasteiger partial charge in [0.2, 0.25) is 5.89 Å². The molecule has 2 aliphatic rings. The summed E-state index contributed by atoms with van der Waals surface area (Å²) in [5.41, 5.74) is 17.3. The number of oxazole rings is 1. The van der Waals surface area contributed by atoms with Gasteiger partial charge < -0.3 is 9.32 Å². The summed E-state index contributed by atoms with van der Waals surface area (Å²) in [5, 5.41) is 0. The van der Waals surface area contributed by atoms with Crippen molar-refractivity contribution in [2.24, 2.45) is 0 Å². The SMILES string of the molecule is C1=CC(N(c2ccccc2)c2ccc(-c3nc4ccccc4o3)cc2)CC2=C1c1ccc(-c3nc4ccccc4nc3-c3ccccc3)cc1C2(c1ccccc1)c1ccccc1. The Hall–Kier alpha value is -8.15. The van der Waals surface area contributed by atoms with Crippen LogP contribution in [0.1, 0.15) is 28.7 Å². The van der Waals surface area contributed by atoms with Crippen LogP contribution in [0.15, 0.2) is 234 Å². The Labute approximate surface area is 366 Å². The third kappa shape index (κ3) is 6.12. The van der Waals surface area contributed by atoms with E-state index < -0.39 is 5.41 Å². The van der Waals surface area contributed by atoms with E-state index in [2.05, 4.69) is 181 Å². The molecule has 0 saturated heterocycles. The monoisotopic (exact) mass is 808 g/mol. The average molecular weight is 809 g/mol. The van der Waals surface area contributed by atoms with Gasteiger partial charge in [-0.05, 0) is 107 Å². The van der Waals surface area contributed by atoms with Gasteiger partial charge in [-0.15, -0.1) is 0 Å². The largest absolute Gasteiger partial charge is 0.436 e. The van der Waals surface area contributed by atoms with Gasteiger partial charge in [-0.3, -0.25) is 0 Å². The standard InChI is InChI=1S/C58H40N4O/c1-5-17-39(18-6-1)55-56(60-52-26-14-13-25-51(52)59-55)41-31-35-47-48-36-34-46(38-50(48)58(49(47)37-41,42-19-7-2-8-20-42)43-21-9-3-10-22-43)62(44-23-11-4-12-24-44)45-32-29-40(30-33-45)57-61-53-27-15-16-28-54(53)63-57/h1-37,46H,38H2. The molecule has 0 spiro atoms. The topological polar surface area (TPSA) is 55.1 Å². The summed E-state index contributed by atoms with van der Waals surface area (Å²) in [5.74, 6) is 0.616. The summed E-state index contributed by atoms with van der Waals surface area (Å²) in [6.45, 7) is 0. The highest BCUT2D eigenvalue weighted by Gasteiger charge is 2.49. The summed E-state index contributed by atoms with van der Waals surface area (Å²) in [6, 6.07) is 75.0. The molecule has 5 nitrogen and oxygen atoms in total. The molecular weight excluding hydrogens is 769 g/mol. The molecule has 298 valence electrons. The van der Waals surface area contributed by atoms with Crippen LogP contribution in [0.4, 0.5) is 11.4 Å². The van der Waals surface area contributed by atoms with Gasteiger partial charge in [-0.1, -0.05) is 158 Å². The van der Waals surface area contributed by atoms with Crippen LogP contribution in [-0.4, -0.2) is 21.0 Å². The Balaban J connectivity index is 1.02. The number of nitrogens with zero attached hydrogens (tertiary/aromatic N) is 4. The summed E-state index contributed by atoms with van der Waals surface area (Å²) in [7, 11) is 0. The minimum atomic E-state index is -0.595. The number of aromatic nitrogens is 3. The van der Waals surface area contributed by atoms with Crippen LogP contribution in [0.25, 0.3) is 61.7 Å². The lowest BCUT2D eigenvalue weighted by molar-refractivity contribution is 0.620. The molecule has 2 heterocycles. The van der Waals surface area contributed by atoms with Gasteiger partial charge in [0, 0.05) is 28.1 Å². The molecule has 5 heteroatoms. The molecular formula is C58H40N4O. The highest BCUT2D eigenvalue weighted by molar-refractivity contribution is 5.94. The zero-order valence-corrected chi connectivity index (χ0v) is 34.3. The second-order valence-electron chi connectivity index (χ2n) is 16.3. The first-order valence-corrected chi connectivity index (χ1v) is 21.5. The Morgan fingerprint density at radius 3 is 1.67 bits per heavy atom. The maximum atomic E-state index is 6.18. The fourth-order valence-corrected chi connectivity index (χ4v) is 9.96. The van der Waals surface area contributed by atoms with E-state index in [1.165, 1.54) is 33.4 Å². The number of fused-ring (bicyclic) bond motifs is 4. The van der Waals surface area contributed by atoms with Crippen LogP contribution in [0.3, 0.4) is 0 Å². The fraction of sp³-hybridized carbons (Fsp3) is 0.0517. The maximum absolute atomic E-state index is 6.18. The predicted octanol–water partition coefficient (Wildman–Crippen LogP) is 14.0. The molecule has 12 rings (SSSR count). The second kappa shape index (κ2) is 15.1. The van der Waals surface area contributed by atoms with E-state index in [1.54, 1.807) is 0 Å². The molecule has 10 aromatic rings. The highest BCUT2D eigenvalue weighted by atomic mass is 16.3. The van der Waals surface area contributed by atoms with Crippen molar-refractivity contribution in [3.05, 3.63) is 252 Å². The molecule has 2 aliphatic carbocycles. The van der Waals surface area contributed by atoms with E-state index in [9.17, 15) is 0 Å². The minimum absolute atomic E-state index is 0.00190. The lowest BCUT2D eigenvalue weighted by atomic mass is 9.65. The van der Waals surface area contributed by atoms with Gasteiger partial charge in [-0.25, -0.2) is 15.0 Å². The Morgan fingerprint density at radius 1 is 0.476 bits per heavy atom. The smallest absolute Gasteiger partial charge is 0.227 e. The van der Waals surface area contributed by atoms with Gasteiger partial charge >= 0.3 is 0 Å². The molecule has 1 atom stereocenters. The Morgan fingerprint density at radius 2 is 1.02 bits per heavy atom. The molecule has 63 heavy (non-hydrogen) atoms. The van der Waals surface area contributed by atoms with Crippen LogP contribution in [0, 0.1) is 0 Å². The zero-order valence-electron chi connectivity index (χ0n) is 34.3. The van der Waals surface area contributed by atoms with Gasteiger partial charge in [0.1, 0.15) is 5.52 Å². The van der Waals surface area contributed by atoms with Crippen molar-refractivity contribution in [3.63, 3.8) is 0 Å². The van der Waals surface area contributed by atoms with E-state index in [4.69, 9.17) is 19.4 Å². The molecule has 1 unspecified atom stereocenters. The van der Waals surface area contributed by atoms with Crippen molar-refractivity contribution < 1.29 is 4.42 Å². The number of hydrogen-bond acceptors (Lipinski definition) is 5. The highest BCUT2D eigenvalue weighted by Crippen LogP contribution is 2.58. The van der Waals surface area contributed by atoms with Crippen molar-refractivity contribution >= 4 is 39.1 Å². The molecule has 0 saturated carbocycles. The molecule has 0 N–H and O–H groups in total. The van der Waals surface area contributed by atoms with Gasteiger partial charge in [0.05, 0.1) is 33.9 Å². The predicted molar refractivity (Wildman–Crippen MR) is 256 cm³/mol. The number of para-hydroxylation sites is 5. The Bertz CT molecular complexity index is 3290. The number of anilines is 2. The van der Waals surface area contributed by atoms with Crippen LogP contribution < -0.4 is 4.90 Å². The number of allylic oxidation sites excluding steroid dienone is 2. The summed E-state index contributed by atoms with van der Waals surface area (Å²) in [6.07, 6.45) is 5.56. The van der Waals surface area contributed by atoms with E-state index >= 15 is 0 Å². The third-order valence-corrected chi connectivity index (χ3v) is 12.7. The van der Waals surface area contributed by atoms with Crippen molar-refractivity contribution in [1.29, 1.82) is 0 Å². The number of benzene rings is 8. The van der Waals surface area contributed by atoms with Crippen molar-refractivity contribution in [2.45, 2.75) is 17.9 Å². The number of rotatable bonds is 8. The van der Waals surface area contributed by atoms with Gasteiger partial charge in [-0.2, -0.15) is 0 Å². The lowest BCUT2D eigenvalue weighted by Crippen LogP contribution is -2.36. The average Bonchev–Trinajstić information content (AvgIpc) is 3.93. The summed E-state index contributed by atoms with van der Waals surface area (Å²) in [4.78, 5) is 17.9. The minimum Gasteiger partial charge on any atom is -0.436 e. The molecule has 0 amide bonds. The molecule has 8 aromatic carbocycles. The van der Waals surface area contributed by atoms with E-state index in [0.29, 0.717) is 5.89 Å². The summed E-state index contributed by atoms with van der Waals surface area (Å²) < 4.78 is 6.18. The van der Waals surface area contributed by atoms with Crippen molar-refractivity contribution in [1.82, 2.24) is 15.0 Å². The third-order valence-electron chi connectivity index (χ3n) is 12.7. The molecule has 0 radical (unpaired) electrons. The quantitative estimate of drug-likeness (QED) is 0.153.